The SMILES string of the molecule is COc1cccc(NC(=O)CN(CC(N)=O)CC(=O)O)c1. The number of hydrogen-bond acceptors (Lipinski definition) is 5. The number of carboxylic acid groups (broad SMARTS) is 1. The minimum Gasteiger partial charge on any atom is -0.497 e. The van der Waals surface area contributed by atoms with Gasteiger partial charge in [-0.25, -0.2) is 0 Å². The summed E-state index contributed by atoms with van der Waals surface area (Å²) in [4.78, 5) is 34.5. The number of carbonyl (C=O) groups excluding carboxylic acids is 2. The predicted octanol–water partition coefficient (Wildman–Crippen LogP) is -0.494. The van der Waals surface area contributed by atoms with Crippen molar-refractivity contribution < 1.29 is 24.2 Å². The lowest BCUT2D eigenvalue weighted by Crippen LogP contribution is -2.41. The number of rotatable bonds is 8. The van der Waals surface area contributed by atoms with Gasteiger partial charge in [0.2, 0.25) is 11.8 Å². The van der Waals surface area contributed by atoms with E-state index < -0.39 is 24.3 Å². The van der Waals surface area contributed by atoms with E-state index in [9.17, 15) is 14.4 Å². The maximum Gasteiger partial charge on any atom is 0.317 e. The number of carbonyl (C=O) groups is 3. The Balaban J connectivity index is 2.63. The van der Waals surface area contributed by atoms with Crippen molar-refractivity contribution in [3.63, 3.8) is 0 Å². The Morgan fingerprint density at radius 3 is 2.57 bits per heavy atom. The van der Waals surface area contributed by atoms with Gasteiger partial charge >= 0.3 is 5.97 Å². The number of primary amides is 1. The third kappa shape index (κ3) is 6.39. The fourth-order valence-corrected chi connectivity index (χ4v) is 1.68. The van der Waals surface area contributed by atoms with Crippen LogP contribution < -0.4 is 15.8 Å². The Kier molecular flexibility index (Phi) is 6.15. The average molecular weight is 295 g/mol. The van der Waals surface area contributed by atoms with E-state index in [0.717, 1.165) is 4.90 Å². The second-order valence-corrected chi connectivity index (χ2v) is 4.29. The smallest absolute Gasteiger partial charge is 0.317 e. The first-order chi connectivity index (χ1) is 9.90. The van der Waals surface area contributed by atoms with E-state index in [0.29, 0.717) is 11.4 Å². The Bertz CT molecular complexity index is 516. The zero-order valence-electron chi connectivity index (χ0n) is 11.5. The van der Waals surface area contributed by atoms with E-state index in [1.54, 1.807) is 24.3 Å². The molecule has 0 aliphatic carbocycles. The molecule has 1 rings (SSSR count). The fraction of sp³-hybridized carbons (Fsp3) is 0.308. The van der Waals surface area contributed by atoms with Gasteiger partial charge in [0.15, 0.2) is 0 Å². The van der Waals surface area contributed by atoms with Gasteiger partial charge in [0, 0.05) is 11.8 Å². The van der Waals surface area contributed by atoms with E-state index >= 15 is 0 Å². The summed E-state index contributed by atoms with van der Waals surface area (Å²) in [5, 5.41) is 11.3. The molecule has 21 heavy (non-hydrogen) atoms. The first kappa shape index (κ1) is 16.4. The normalized spacial score (nSPS) is 10.2. The van der Waals surface area contributed by atoms with Gasteiger partial charge in [-0.05, 0) is 12.1 Å². The monoisotopic (exact) mass is 295 g/mol. The van der Waals surface area contributed by atoms with Crippen LogP contribution >= 0.6 is 0 Å². The Morgan fingerprint density at radius 2 is 2.00 bits per heavy atom. The highest BCUT2D eigenvalue weighted by atomic mass is 16.5. The number of carboxylic acids is 1. The first-order valence-corrected chi connectivity index (χ1v) is 6.07. The second-order valence-electron chi connectivity index (χ2n) is 4.29. The van der Waals surface area contributed by atoms with Crippen LogP contribution in [0.5, 0.6) is 5.75 Å². The number of hydrogen-bond donors (Lipinski definition) is 3. The topological polar surface area (TPSA) is 122 Å². The third-order valence-corrected chi connectivity index (χ3v) is 2.46. The highest BCUT2D eigenvalue weighted by Crippen LogP contribution is 2.16. The number of anilines is 1. The maximum atomic E-state index is 11.8. The molecule has 0 unspecified atom stereocenters. The van der Waals surface area contributed by atoms with Crippen LogP contribution in [0, 0.1) is 0 Å². The van der Waals surface area contributed by atoms with Crippen molar-refractivity contribution in [1.29, 1.82) is 0 Å². The summed E-state index contributed by atoms with van der Waals surface area (Å²) in [5.41, 5.74) is 5.52. The Labute approximate surface area is 121 Å². The van der Waals surface area contributed by atoms with E-state index in [1.165, 1.54) is 7.11 Å². The summed E-state index contributed by atoms with van der Waals surface area (Å²) in [6.45, 7) is -1.02. The molecule has 0 spiro atoms. The van der Waals surface area contributed by atoms with Crippen molar-refractivity contribution >= 4 is 23.5 Å². The van der Waals surface area contributed by atoms with E-state index in [1.807, 2.05) is 0 Å². The number of nitrogens with two attached hydrogens (primary N) is 1. The quantitative estimate of drug-likeness (QED) is 0.594. The van der Waals surface area contributed by atoms with E-state index in [2.05, 4.69) is 5.32 Å². The van der Waals surface area contributed by atoms with Gasteiger partial charge in [-0.1, -0.05) is 6.07 Å². The summed E-state index contributed by atoms with van der Waals surface area (Å²) in [6, 6.07) is 6.70. The lowest BCUT2D eigenvalue weighted by molar-refractivity contribution is -0.138. The summed E-state index contributed by atoms with van der Waals surface area (Å²) in [6.07, 6.45) is 0. The molecule has 0 saturated carbocycles. The summed E-state index contributed by atoms with van der Waals surface area (Å²) < 4.78 is 5.02. The predicted molar refractivity (Wildman–Crippen MR) is 74.9 cm³/mol. The van der Waals surface area contributed by atoms with Crippen molar-refractivity contribution in [2.75, 3.05) is 32.1 Å². The highest BCUT2D eigenvalue weighted by molar-refractivity contribution is 5.93. The van der Waals surface area contributed by atoms with Crippen molar-refractivity contribution in [2.45, 2.75) is 0 Å². The molecule has 2 amide bonds. The van der Waals surface area contributed by atoms with Gasteiger partial charge in [0.05, 0.1) is 26.7 Å². The minimum absolute atomic E-state index is 0.257. The standard InChI is InChI=1S/C13H17N3O5/c1-21-10-4-2-3-9(5-10)15-12(18)7-16(6-11(14)17)8-13(19)20/h2-5H,6-8H2,1H3,(H2,14,17)(H,15,18)(H,19,20). The second kappa shape index (κ2) is 7.85. The van der Waals surface area contributed by atoms with Crippen molar-refractivity contribution in [3.05, 3.63) is 24.3 Å². The number of aliphatic carboxylic acids is 1. The molecule has 0 atom stereocenters. The molecule has 0 heterocycles. The van der Waals surface area contributed by atoms with Gasteiger partial charge in [-0.2, -0.15) is 0 Å². The Morgan fingerprint density at radius 1 is 1.29 bits per heavy atom. The van der Waals surface area contributed by atoms with Crippen molar-refractivity contribution in [3.8, 4) is 5.75 Å². The largest absolute Gasteiger partial charge is 0.497 e. The van der Waals surface area contributed by atoms with Gasteiger partial charge in [-0.3, -0.25) is 19.3 Å². The van der Waals surface area contributed by atoms with Gasteiger partial charge in [0.1, 0.15) is 5.75 Å². The average Bonchev–Trinajstić information content (AvgIpc) is 2.37. The number of benzene rings is 1. The van der Waals surface area contributed by atoms with Crippen LogP contribution in [0.4, 0.5) is 5.69 Å². The molecule has 0 radical (unpaired) electrons. The number of ether oxygens (including phenoxy) is 1. The van der Waals surface area contributed by atoms with Crippen LogP contribution in [0.15, 0.2) is 24.3 Å². The van der Waals surface area contributed by atoms with Gasteiger partial charge in [-0.15, -0.1) is 0 Å². The van der Waals surface area contributed by atoms with Crippen LogP contribution in [0.25, 0.3) is 0 Å². The number of nitrogens with one attached hydrogen (secondary N) is 1. The molecule has 0 aliphatic rings. The molecule has 4 N–H and O–H groups in total. The number of amides is 2. The highest BCUT2D eigenvalue weighted by Gasteiger charge is 2.16. The summed E-state index contributed by atoms with van der Waals surface area (Å²) >= 11 is 0. The van der Waals surface area contributed by atoms with Crippen LogP contribution in [0.1, 0.15) is 0 Å². The van der Waals surface area contributed by atoms with Crippen molar-refractivity contribution in [1.82, 2.24) is 4.90 Å². The lowest BCUT2D eigenvalue weighted by atomic mass is 10.3. The van der Waals surface area contributed by atoms with E-state index in [-0.39, 0.29) is 13.1 Å². The maximum absolute atomic E-state index is 11.8. The van der Waals surface area contributed by atoms with Crippen LogP contribution in [-0.4, -0.2) is 54.5 Å². The molecule has 1 aromatic rings. The van der Waals surface area contributed by atoms with Crippen LogP contribution in [0.3, 0.4) is 0 Å². The molecule has 0 bridgehead atoms. The van der Waals surface area contributed by atoms with E-state index in [4.69, 9.17) is 15.6 Å². The zero-order chi connectivity index (χ0) is 15.8. The minimum atomic E-state index is -1.15. The Hall–Kier alpha value is -2.61. The molecular weight excluding hydrogens is 278 g/mol. The van der Waals surface area contributed by atoms with Crippen molar-refractivity contribution in [2.24, 2.45) is 5.73 Å². The molecular formula is C13H17N3O5. The molecule has 0 aromatic heterocycles. The number of nitrogens with zero attached hydrogens (tertiary/aromatic N) is 1. The molecule has 0 aliphatic heterocycles. The summed E-state index contributed by atoms with van der Waals surface area (Å²) in [7, 11) is 1.50. The molecule has 8 heteroatoms. The molecule has 0 fully saturated rings. The summed E-state index contributed by atoms with van der Waals surface area (Å²) in [5.74, 6) is -1.73. The molecule has 1 aromatic carbocycles. The fourth-order valence-electron chi connectivity index (χ4n) is 1.68. The lowest BCUT2D eigenvalue weighted by Gasteiger charge is -2.17. The first-order valence-electron chi connectivity index (χ1n) is 6.07. The third-order valence-electron chi connectivity index (χ3n) is 2.46. The number of methoxy groups -OCH3 is 1. The van der Waals surface area contributed by atoms with Crippen LogP contribution in [0.2, 0.25) is 0 Å². The molecule has 0 saturated heterocycles. The van der Waals surface area contributed by atoms with Gasteiger partial charge in [0.25, 0.3) is 0 Å². The van der Waals surface area contributed by atoms with Crippen LogP contribution in [-0.2, 0) is 14.4 Å². The zero-order valence-corrected chi connectivity index (χ0v) is 11.5. The molecule has 114 valence electrons. The molecule has 8 nitrogen and oxygen atoms in total. The van der Waals surface area contributed by atoms with Gasteiger partial charge < -0.3 is 20.9 Å².